The molecule has 0 aliphatic carbocycles. The van der Waals surface area contributed by atoms with Crippen LogP contribution in [-0.2, 0) is 17.7 Å². The maximum Gasteiger partial charge on any atom is 0.410 e. The van der Waals surface area contributed by atoms with Crippen LogP contribution in [0.4, 0.5) is 4.79 Å². The second-order valence-corrected chi connectivity index (χ2v) is 6.73. The lowest BCUT2D eigenvalue weighted by Gasteiger charge is -2.30. The van der Waals surface area contributed by atoms with Gasteiger partial charge in [0.1, 0.15) is 5.60 Å². The number of benzene rings is 1. The average Bonchev–Trinajstić information content (AvgIpc) is 2.76. The van der Waals surface area contributed by atoms with Crippen molar-refractivity contribution < 1.29 is 9.53 Å². The molecule has 4 heteroatoms. The molecular formula is C17H22N2O2. The fourth-order valence-corrected chi connectivity index (χ4v) is 2.87. The Kier molecular flexibility index (Phi) is 3.19. The molecule has 4 nitrogen and oxygen atoms in total. The summed E-state index contributed by atoms with van der Waals surface area (Å²) in [6, 6.07) is 6.30. The normalized spacial score (nSPS) is 15.1. The highest BCUT2D eigenvalue weighted by molar-refractivity contribution is 5.88. The van der Waals surface area contributed by atoms with E-state index in [-0.39, 0.29) is 6.09 Å². The van der Waals surface area contributed by atoms with E-state index >= 15 is 0 Å². The minimum absolute atomic E-state index is 0.227. The standard InChI is InChI=1S/C17H22N2O2/c1-11-6-5-7-12-13-10-19(16(20)21-17(2,3)4)9-8-14(13)18-15(11)12/h5-7,18H,8-10H2,1-4H3. The van der Waals surface area contributed by atoms with Crippen LogP contribution < -0.4 is 0 Å². The predicted molar refractivity (Wildman–Crippen MR) is 83.4 cm³/mol. The summed E-state index contributed by atoms with van der Waals surface area (Å²) in [5.74, 6) is 0. The molecular weight excluding hydrogens is 264 g/mol. The van der Waals surface area contributed by atoms with Crippen molar-refractivity contribution >= 4 is 17.0 Å². The predicted octanol–water partition coefficient (Wildman–Crippen LogP) is 3.77. The molecule has 0 radical (unpaired) electrons. The van der Waals surface area contributed by atoms with Gasteiger partial charge in [-0.25, -0.2) is 4.79 Å². The van der Waals surface area contributed by atoms with E-state index in [1.165, 1.54) is 27.7 Å². The molecule has 0 unspecified atom stereocenters. The first-order chi connectivity index (χ1) is 9.85. The monoisotopic (exact) mass is 286 g/mol. The molecule has 1 aromatic carbocycles. The number of aromatic nitrogens is 1. The average molecular weight is 286 g/mol. The Balaban J connectivity index is 1.90. The van der Waals surface area contributed by atoms with Crippen molar-refractivity contribution in [1.82, 2.24) is 9.88 Å². The number of nitrogens with one attached hydrogen (secondary N) is 1. The van der Waals surface area contributed by atoms with Gasteiger partial charge in [0.25, 0.3) is 0 Å². The van der Waals surface area contributed by atoms with E-state index in [4.69, 9.17) is 4.74 Å². The Morgan fingerprint density at radius 1 is 1.33 bits per heavy atom. The molecule has 3 rings (SSSR count). The van der Waals surface area contributed by atoms with Gasteiger partial charge < -0.3 is 14.6 Å². The number of H-pyrrole nitrogens is 1. The van der Waals surface area contributed by atoms with Crippen molar-refractivity contribution in [2.75, 3.05) is 6.54 Å². The minimum atomic E-state index is -0.450. The van der Waals surface area contributed by atoms with Crippen molar-refractivity contribution in [3.63, 3.8) is 0 Å². The number of carbonyl (C=O) groups excluding carboxylic acids is 1. The number of rotatable bonds is 0. The molecule has 1 N–H and O–H groups in total. The van der Waals surface area contributed by atoms with Gasteiger partial charge in [0, 0.05) is 35.1 Å². The molecule has 0 atom stereocenters. The van der Waals surface area contributed by atoms with E-state index in [9.17, 15) is 4.79 Å². The summed E-state index contributed by atoms with van der Waals surface area (Å²) in [6.45, 7) is 9.12. The zero-order valence-electron chi connectivity index (χ0n) is 13.1. The minimum Gasteiger partial charge on any atom is -0.444 e. The fourth-order valence-electron chi connectivity index (χ4n) is 2.87. The molecule has 1 amide bonds. The Bertz CT molecular complexity index is 695. The Morgan fingerprint density at radius 2 is 2.10 bits per heavy atom. The zero-order chi connectivity index (χ0) is 15.2. The lowest BCUT2D eigenvalue weighted by molar-refractivity contribution is 0.0224. The third-order valence-electron chi connectivity index (χ3n) is 3.87. The van der Waals surface area contributed by atoms with Crippen LogP contribution in [0.25, 0.3) is 10.9 Å². The third-order valence-corrected chi connectivity index (χ3v) is 3.87. The lowest BCUT2D eigenvalue weighted by Crippen LogP contribution is -2.39. The molecule has 0 spiro atoms. The number of ether oxygens (including phenoxy) is 1. The van der Waals surface area contributed by atoms with E-state index < -0.39 is 5.60 Å². The van der Waals surface area contributed by atoms with Crippen LogP contribution >= 0.6 is 0 Å². The Morgan fingerprint density at radius 3 is 2.81 bits per heavy atom. The first kappa shape index (κ1) is 14.0. The number of para-hydroxylation sites is 1. The summed E-state index contributed by atoms with van der Waals surface area (Å²) in [5.41, 5.74) is 4.46. The largest absolute Gasteiger partial charge is 0.444 e. The van der Waals surface area contributed by atoms with E-state index in [1.54, 1.807) is 4.90 Å². The maximum atomic E-state index is 12.2. The molecule has 2 aromatic rings. The molecule has 0 bridgehead atoms. The first-order valence-electron chi connectivity index (χ1n) is 7.42. The van der Waals surface area contributed by atoms with Gasteiger partial charge in [-0.15, -0.1) is 0 Å². The van der Waals surface area contributed by atoms with E-state index in [1.807, 2.05) is 20.8 Å². The van der Waals surface area contributed by atoms with Gasteiger partial charge >= 0.3 is 6.09 Å². The first-order valence-corrected chi connectivity index (χ1v) is 7.42. The second kappa shape index (κ2) is 4.79. The van der Waals surface area contributed by atoms with Crippen LogP contribution in [0, 0.1) is 6.92 Å². The summed E-state index contributed by atoms with van der Waals surface area (Å²) >= 11 is 0. The summed E-state index contributed by atoms with van der Waals surface area (Å²) in [6.07, 6.45) is 0.623. The highest BCUT2D eigenvalue weighted by atomic mass is 16.6. The summed E-state index contributed by atoms with van der Waals surface area (Å²) in [7, 11) is 0. The van der Waals surface area contributed by atoms with Crippen molar-refractivity contribution in [2.45, 2.75) is 46.3 Å². The summed E-state index contributed by atoms with van der Waals surface area (Å²) in [5, 5.41) is 1.22. The van der Waals surface area contributed by atoms with Crippen molar-refractivity contribution in [2.24, 2.45) is 0 Å². The van der Waals surface area contributed by atoms with Gasteiger partial charge in [-0.1, -0.05) is 18.2 Å². The molecule has 0 saturated heterocycles. The van der Waals surface area contributed by atoms with Crippen molar-refractivity contribution in [3.8, 4) is 0 Å². The number of aromatic amines is 1. The molecule has 21 heavy (non-hydrogen) atoms. The molecule has 0 saturated carbocycles. The van der Waals surface area contributed by atoms with Gasteiger partial charge in [0.15, 0.2) is 0 Å². The smallest absolute Gasteiger partial charge is 0.410 e. The summed E-state index contributed by atoms with van der Waals surface area (Å²) in [4.78, 5) is 17.6. The van der Waals surface area contributed by atoms with Crippen LogP contribution in [0.1, 0.15) is 37.6 Å². The second-order valence-electron chi connectivity index (χ2n) is 6.73. The number of hydrogen-bond acceptors (Lipinski definition) is 2. The SMILES string of the molecule is Cc1cccc2c3c([nH]c12)CCN(C(=O)OC(C)(C)C)C3. The third kappa shape index (κ3) is 2.62. The van der Waals surface area contributed by atoms with Gasteiger partial charge in [-0.2, -0.15) is 0 Å². The molecule has 2 heterocycles. The summed E-state index contributed by atoms with van der Waals surface area (Å²) < 4.78 is 5.48. The number of nitrogens with zero attached hydrogens (tertiary/aromatic N) is 1. The fraction of sp³-hybridized carbons (Fsp3) is 0.471. The van der Waals surface area contributed by atoms with Gasteiger partial charge in [-0.05, 0) is 33.3 Å². The number of amides is 1. The molecule has 1 aliphatic rings. The van der Waals surface area contributed by atoms with Crippen LogP contribution in [0.5, 0.6) is 0 Å². The van der Waals surface area contributed by atoms with Gasteiger partial charge in [-0.3, -0.25) is 0 Å². The van der Waals surface area contributed by atoms with Gasteiger partial charge in [0.2, 0.25) is 0 Å². The maximum absolute atomic E-state index is 12.2. The zero-order valence-corrected chi connectivity index (χ0v) is 13.1. The number of hydrogen-bond donors (Lipinski definition) is 1. The molecule has 112 valence electrons. The van der Waals surface area contributed by atoms with Crippen LogP contribution in [0.2, 0.25) is 0 Å². The van der Waals surface area contributed by atoms with Gasteiger partial charge in [0.05, 0.1) is 6.54 Å². The van der Waals surface area contributed by atoms with E-state index in [0.29, 0.717) is 13.1 Å². The van der Waals surface area contributed by atoms with E-state index in [0.717, 1.165) is 6.42 Å². The lowest BCUT2D eigenvalue weighted by atomic mass is 10.0. The highest BCUT2D eigenvalue weighted by Gasteiger charge is 2.27. The molecule has 1 aliphatic heterocycles. The quantitative estimate of drug-likeness (QED) is 0.801. The Hall–Kier alpha value is -1.97. The molecule has 0 fully saturated rings. The number of aryl methyl sites for hydroxylation is 1. The van der Waals surface area contributed by atoms with Crippen molar-refractivity contribution in [1.29, 1.82) is 0 Å². The van der Waals surface area contributed by atoms with Crippen molar-refractivity contribution in [3.05, 3.63) is 35.0 Å². The van der Waals surface area contributed by atoms with Crippen LogP contribution in [0.3, 0.4) is 0 Å². The van der Waals surface area contributed by atoms with Crippen LogP contribution in [0.15, 0.2) is 18.2 Å². The van der Waals surface area contributed by atoms with Crippen LogP contribution in [-0.4, -0.2) is 28.1 Å². The number of carbonyl (C=O) groups is 1. The van der Waals surface area contributed by atoms with E-state index in [2.05, 4.69) is 30.1 Å². The number of fused-ring (bicyclic) bond motifs is 3. The molecule has 1 aromatic heterocycles. The Labute approximate surface area is 125 Å². The highest BCUT2D eigenvalue weighted by Crippen LogP contribution is 2.29. The topological polar surface area (TPSA) is 45.3 Å².